The molecule has 0 radical (unpaired) electrons. The molecule has 3 aliphatic carbocycles. The lowest BCUT2D eigenvalue weighted by Gasteiger charge is -2.36. The van der Waals surface area contributed by atoms with Gasteiger partial charge in [-0.05, 0) is 134 Å². The average Bonchev–Trinajstić information content (AvgIpc) is 4.22. The predicted octanol–water partition coefficient (Wildman–Crippen LogP) is 12.7. The molecule has 3 aromatic rings. The van der Waals surface area contributed by atoms with E-state index in [9.17, 15) is 26.3 Å². The van der Waals surface area contributed by atoms with Crippen LogP contribution in [0.3, 0.4) is 0 Å². The maximum atomic E-state index is 14.4. The quantitative estimate of drug-likeness (QED) is 0.0622. The van der Waals surface area contributed by atoms with Crippen molar-refractivity contribution in [1.82, 2.24) is 0 Å². The van der Waals surface area contributed by atoms with Crippen molar-refractivity contribution in [3.8, 4) is 0 Å². The van der Waals surface area contributed by atoms with E-state index < -0.39 is 46.7 Å². The normalized spacial score (nSPS) is 21.5. The highest BCUT2D eigenvalue weighted by molar-refractivity contribution is 6.16. The Morgan fingerprint density at radius 3 is 2.27 bits per heavy atom. The number of alkyl halides is 4. The highest BCUT2D eigenvalue weighted by Crippen LogP contribution is 2.72. The van der Waals surface area contributed by atoms with Gasteiger partial charge in [-0.15, -0.1) is 11.5 Å². The molecule has 1 heterocycles. The Morgan fingerprint density at radius 2 is 1.72 bits per heavy atom. The Kier molecular flexibility index (Phi) is 15.4. The molecule has 64 heavy (non-hydrogen) atoms. The van der Waals surface area contributed by atoms with Gasteiger partial charge in [0.1, 0.15) is 23.2 Å². The molecule has 3 aromatic carbocycles. The Labute approximate surface area is 376 Å². The molecule has 3 atom stereocenters. The number of aliphatic imine (C=N–C) groups is 2. The van der Waals surface area contributed by atoms with Crippen LogP contribution in [0.2, 0.25) is 0 Å². The number of hydrogen-bond acceptors (Lipinski definition) is 7. The van der Waals surface area contributed by atoms with Crippen molar-refractivity contribution in [1.29, 1.82) is 0 Å². The van der Waals surface area contributed by atoms with Crippen LogP contribution >= 0.6 is 0 Å². The van der Waals surface area contributed by atoms with E-state index >= 15 is 0 Å². The summed E-state index contributed by atoms with van der Waals surface area (Å²) in [5, 5.41) is 0. The smallest absolute Gasteiger partial charge is 0.293 e. The SMILES string of the molecule is C=C=C(C)CN=C1/C(=C(\N)C(F)F)C2(CC)C[C@H]2C1(F)F.C=C=C1c2ccc(C(/C=C\N)=C/N)cc2N=C([C@@H](CC)Cc2cc(F)cc(F)c2)N1c1ccc(C2CC2)c(C)c1N.CC.[HH].[HH]. The fraction of sp³-hybridized carbons (Fsp3) is 0.373. The first-order chi connectivity index (χ1) is 30.5. The first-order valence-corrected chi connectivity index (χ1v) is 21.7. The zero-order valence-electron chi connectivity index (χ0n) is 37.4. The third kappa shape index (κ3) is 9.52. The van der Waals surface area contributed by atoms with Crippen molar-refractivity contribution in [3.05, 3.63) is 148 Å². The lowest BCUT2D eigenvalue weighted by Crippen LogP contribution is -2.38. The van der Waals surface area contributed by atoms with Gasteiger partial charge in [0.05, 0.1) is 35.0 Å². The van der Waals surface area contributed by atoms with Crippen molar-refractivity contribution in [3.63, 3.8) is 0 Å². The number of anilines is 2. The van der Waals surface area contributed by atoms with Crippen LogP contribution in [0.25, 0.3) is 11.3 Å². The van der Waals surface area contributed by atoms with E-state index in [0.29, 0.717) is 59.2 Å². The van der Waals surface area contributed by atoms with Crippen LogP contribution in [0.1, 0.15) is 103 Å². The van der Waals surface area contributed by atoms with Crippen molar-refractivity contribution >= 4 is 39.9 Å². The minimum Gasteiger partial charge on any atom is -0.405 e. The summed E-state index contributed by atoms with van der Waals surface area (Å²) in [7, 11) is 0. The van der Waals surface area contributed by atoms with Crippen LogP contribution in [-0.2, 0) is 6.42 Å². The largest absolute Gasteiger partial charge is 0.405 e. The van der Waals surface area contributed by atoms with Crippen LogP contribution < -0.4 is 27.8 Å². The third-order valence-corrected chi connectivity index (χ3v) is 12.4. The summed E-state index contributed by atoms with van der Waals surface area (Å²) >= 11 is 0. The van der Waals surface area contributed by atoms with Crippen molar-refractivity contribution < 1.29 is 29.2 Å². The summed E-state index contributed by atoms with van der Waals surface area (Å²) in [5.74, 6) is -4.33. The molecule has 7 nitrogen and oxygen atoms in total. The molecule has 1 unspecified atom stereocenters. The fourth-order valence-electron chi connectivity index (χ4n) is 8.81. The summed E-state index contributed by atoms with van der Waals surface area (Å²) in [4.78, 5) is 11.1. The lowest BCUT2D eigenvalue weighted by atomic mass is 9.91. The van der Waals surface area contributed by atoms with Gasteiger partial charge in [-0.25, -0.2) is 22.6 Å². The number of rotatable bonds is 12. The molecule has 344 valence electrons. The second kappa shape index (κ2) is 20.1. The molecule has 8 N–H and O–H groups in total. The van der Waals surface area contributed by atoms with E-state index in [2.05, 4.69) is 42.6 Å². The molecule has 13 heteroatoms. The first-order valence-electron chi connectivity index (χ1n) is 21.7. The number of halogens is 6. The van der Waals surface area contributed by atoms with E-state index in [-0.39, 0.29) is 27.3 Å². The molecule has 3 saturated carbocycles. The van der Waals surface area contributed by atoms with Crippen LogP contribution in [0.4, 0.5) is 43.4 Å². The van der Waals surface area contributed by atoms with Gasteiger partial charge < -0.3 is 22.9 Å². The molecule has 0 aromatic heterocycles. The molecule has 0 bridgehead atoms. The maximum absolute atomic E-state index is 14.4. The second-order valence-electron chi connectivity index (χ2n) is 16.3. The molecule has 0 spiro atoms. The molecule has 0 saturated heterocycles. The Morgan fingerprint density at radius 1 is 1.05 bits per heavy atom. The van der Waals surface area contributed by atoms with Gasteiger partial charge in [0, 0.05) is 43.5 Å². The van der Waals surface area contributed by atoms with Crippen LogP contribution in [0.15, 0.2) is 118 Å². The van der Waals surface area contributed by atoms with Crippen molar-refractivity contribution in [2.75, 3.05) is 17.2 Å². The number of hydrogen-bond donors (Lipinski definition) is 4. The Balaban J connectivity index is 0.000000392. The summed E-state index contributed by atoms with van der Waals surface area (Å²) < 4.78 is 83.0. The minimum absolute atomic E-state index is 0. The third-order valence-electron chi connectivity index (χ3n) is 12.4. The van der Waals surface area contributed by atoms with Crippen molar-refractivity contribution in [2.24, 2.45) is 44.4 Å². The van der Waals surface area contributed by atoms with Gasteiger partial charge in [-0.1, -0.05) is 53.0 Å². The summed E-state index contributed by atoms with van der Waals surface area (Å²) in [6.45, 7) is 18.9. The van der Waals surface area contributed by atoms with Gasteiger partial charge in [-0.2, -0.15) is 8.78 Å². The molecule has 3 fully saturated rings. The number of nitrogens with two attached hydrogens (primary N) is 4. The zero-order chi connectivity index (χ0) is 47.3. The number of nitrogen functional groups attached to an aromatic ring is 1. The number of allylic oxidation sites excluding steroid dienone is 4. The van der Waals surface area contributed by atoms with E-state index in [4.69, 9.17) is 27.9 Å². The second-order valence-corrected chi connectivity index (χ2v) is 16.3. The van der Waals surface area contributed by atoms with Gasteiger partial charge in [0.25, 0.3) is 12.3 Å². The average molecular weight is 888 g/mol. The number of amidine groups is 1. The number of fused-ring (bicyclic) bond motifs is 2. The molecular formula is C51H63F6N7. The zero-order valence-corrected chi connectivity index (χ0v) is 37.4. The summed E-state index contributed by atoms with van der Waals surface area (Å²) in [6.07, 6.45) is 5.62. The van der Waals surface area contributed by atoms with Gasteiger partial charge >= 0.3 is 0 Å². The highest BCUT2D eigenvalue weighted by atomic mass is 19.3. The molecule has 7 rings (SSSR count). The van der Waals surface area contributed by atoms with Gasteiger partial charge in [0.2, 0.25) is 0 Å². The minimum atomic E-state index is -3.20. The van der Waals surface area contributed by atoms with Crippen LogP contribution in [0, 0.1) is 35.8 Å². The standard InChI is InChI=1S/C34H35F2N5.C15H18F4N2.C2H6.2H2/c1-4-22(14-21-15-26(35)18-27(36)16-21)34-40-30-17-24(25(19-38)12-13-37)8-9-29(30)31(5-2)41(34)32-11-10-28(23-6-7-23)20(3)33(32)39;1-4-8(3)7-21-12-10(11(20)13(16)17)14(5-2)6-9(14)15(12,18)19;1-2;;/h8-13,15-19,22-23H,2,4,6-7,14,37-39H2,1,3H3;9,13H,1,5-7,20H2,2-3H3;1-2H3;2*1H/b13-12-,25-19+;11-10+,21-12?;;;/t22-;9-,14?;;;/m01.../s1. The van der Waals surface area contributed by atoms with E-state index in [0.717, 1.165) is 34.0 Å². The molecule has 1 aliphatic heterocycles. The van der Waals surface area contributed by atoms with E-state index in [1.807, 2.05) is 49.9 Å². The molecule has 0 amide bonds. The van der Waals surface area contributed by atoms with E-state index in [1.54, 1.807) is 19.9 Å². The topological polar surface area (TPSA) is 132 Å². The van der Waals surface area contributed by atoms with E-state index in [1.165, 1.54) is 42.9 Å². The molecule has 4 aliphatic rings. The highest BCUT2D eigenvalue weighted by Gasteiger charge is 2.76. The summed E-state index contributed by atoms with van der Waals surface area (Å²) in [6, 6.07) is 13.7. The van der Waals surface area contributed by atoms with Gasteiger partial charge in [0.15, 0.2) is 0 Å². The van der Waals surface area contributed by atoms with Crippen LogP contribution in [0.5, 0.6) is 0 Å². The molecular weight excluding hydrogens is 825 g/mol. The number of nitrogens with zero attached hydrogens (tertiary/aromatic N) is 3. The summed E-state index contributed by atoms with van der Waals surface area (Å²) in [5.41, 5.74) is 35.8. The Bertz CT molecular complexity index is 2510. The maximum Gasteiger partial charge on any atom is 0.293 e. The van der Waals surface area contributed by atoms with Gasteiger partial charge in [-0.3, -0.25) is 9.89 Å². The predicted molar refractivity (Wildman–Crippen MR) is 255 cm³/mol. The first kappa shape index (κ1) is 48.9. The lowest BCUT2D eigenvalue weighted by molar-refractivity contribution is 0.0522. The Hall–Kier alpha value is -6.16. The van der Waals surface area contributed by atoms with Crippen LogP contribution in [-0.4, -0.2) is 30.4 Å². The monoisotopic (exact) mass is 888 g/mol. The van der Waals surface area contributed by atoms with Crippen molar-refractivity contribution in [2.45, 2.75) is 98.3 Å². The fourth-order valence-corrected chi connectivity index (χ4v) is 8.81. The number of benzene rings is 3.